The van der Waals surface area contributed by atoms with Crippen molar-refractivity contribution in [2.75, 3.05) is 24.6 Å². The summed E-state index contributed by atoms with van der Waals surface area (Å²) in [7, 11) is -3.64. The topological polar surface area (TPSA) is 84.0 Å². The molecule has 0 saturated carbocycles. The molecule has 1 amide bonds. The minimum atomic E-state index is -3.64. The monoisotopic (exact) mass is 476 g/mol. The number of carbonyl (C=O) groups excluding carboxylic acids is 2. The van der Waals surface area contributed by atoms with E-state index in [1.807, 2.05) is 31.2 Å². The van der Waals surface area contributed by atoms with Crippen molar-refractivity contribution in [3.63, 3.8) is 0 Å². The maximum atomic E-state index is 12.8. The lowest BCUT2D eigenvalue weighted by Gasteiger charge is -2.30. The molecule has 1 unspecified atom stereocenters. The number of ether oxygens (including phenoxy) is 1. The van der Waals surface area contributed by atoms with Crippen LogP contribution < -0.4 is 4.90 Å². The van der Waals surface area contributed by atoms with Crippen LogP contribution in [0.15, 0.2) is 53.4 Å². The number of esters is 1. The Labute approximate surface area is 193 Å². The predicted octanol–water partition coefficient (Wildman–Crippen LogP) is 3.26. The number of para-hydroxylation sites is 1. The molecule has 0 bridgehead atoms. The van der Waals surface area contributed by atoms with Gasteiger partial charge in [-0.3, -0.25) is 9.59 Å². The van der Waals surface area contributed by atoms with Crippen LogP contribution >= 0.6 is 11.6 Å². The Hall–Kier alpha value is -2.42. The average Bonchev–Trinajstić information content (AvgIpc) is 3.13. The maximum Gasteiger partial charge on any atom is 0.309 e. The number of sulfonamides is 1. The zero-order chi connectivity index (χ0) is 22.9. The maximum absolute atomic E-state index is 12.8. The van der Waals surface area contributed by atoms with Gasteiger partial charge in [0.05, 0.1) is 10.8 Å². The molecule has 9 heteroatoms. The normalized spacial score (nSPS) is 19.6. The van der Waals surface area contributed by atoms with Gasteiger partial charge >= 0.3 is 5.97 Å². The first kappa shape index (κ1) is 22.8. The molecule has 0 spiro atoms. The van der Waals surface area contributed by atoms with Gasteiger partial charge in [-0.25, -0.2) is 8.42 Å². The number of fused-ring (bicyclic) bond motifs is 1. The van der Waals surface area contributed by atoms with Crippen LogP contribution in [0.5, 0.6) is 0 Å². The Bertz CT molecular complexity index is 1110. The van der Waals surface area contributed by atoms with Gasteiger partial charge in [-0.15, -0.1) is 0 Å². The molecule has 7 nitrogen and oxygen atoms in total. The fraction of sp³-hybridized carbons (Fsp3) is 0.391. The molecule has 2 aromatic rings. The van der Waals surface area contributed by atoms with Crippen LogP contribution in [0.1, 0.15) is 25.3 Å². The molecule has 170 valence electrons. The largest absolute Gasteiger partial charge is 0.455 e. The highest BCUT2D eigenvalue weighted by Crippen LogP contribution is 2.32. The lowest BCUT2D eigenvalue weighted by molar-refractivity contribution is -0.153. The molecule has 2 aliphatic heterocycles. The van der Waals surface area contributed by atoms with Crippen LogP contribution in [0.25, 0.3) is 0 Å². The van der Waals surface area contributed by atoms with Crippen LogP contribution in [-0.2, 0) is 30.8 Å². The van der Waals surface area contributed by atoms with Crippen LogP contribution in [0.3, 0.4) is 0 Å². The molecular weight excluding hydrogens is 452 g/mol. The number of carbonyl (C=O) groups is 2. The number of rotatable bonds is 5. The van der Waals surface area contributed by atoms with Crippen LogP contribution in [0.2, 0.25) is 5.02 Å². The first-order chi connectivity index (χ1) is 15.3. The second-order valence-electron chi connectivity index (χ2n) is 8.19. The molecule has 0 radical (unpaired) electrons. The molecule has 32 heavy (non-hydrogen) atoms. The first-order valence-corrected chi connectivity index (χ1v) is 12.4. The first-order valence-electron chi connectivity index (χ1n) is 10.6. The molecule has 0 aromatic heterocycles. The summed E-state index contributed by atoms with van der Waals surface area (Å²) < 4.78 is 32.3. The van der Waals surface area contributed by atoms with Gasteiger partial charge in [0.25, 0.3) is 5.91 Å². The molecule has 1 fully saturated rings. The highest BCUT2D eigenvalue weighted by molar-refractivity contribution is 7.89. The highest BCUT2D eigenvalue weighted by Gasteiger charge is 2.34. The van der Waals surface area contributed by atoms with E-state index in [0.29, 0.717) is 17.9 Å². The number of benzene rings is 2. The quantitative estimate of drug-likeness (QED) is 0.618. The second kappa shape index (κ2) is 9.21. The summed E-state index contributed by atoms with van der Waals surface area (Å²) in [5.74, 6) is -1.14. The van der Waals surface area contributed by atoms with E-state index in [-0.39, 0.29) is 36.5 Å². The van der Waals surface area contributed by atoms with Gasteiger partial charge in [-0.2, -0.15) is 4.31 Å². The SMILES string of the molecule is CC1Cc2ccccc2N1C(=O)COC(=O)C1CCN(S(=O)(=O)c2ccc(Cl)cc2)CC1. The third-order valence-corrected chi connectivity index (χ3v) is 8.22. The Balaban J connectivity index is 1.30. The number of piperidine rings is 1. The molecule has 1 saturated heterocycles. The van der Waals surface area contributed by atoms with Gasteiger partial charge in [0.15, 0.2) is 6.61 Å². The smallest absolute Gasteiger partial charge is 0.309 e. The standard InChI is InChI=1S/C23H25ClN2O5S/c1-16-14-18-4-2-3-5-21(18)26(16)22(27)15-31-23(28)17-10-12-25(13-11-17)32(29,30)20-8-6-19(24)7-9-20/h2-9,16-17H,10-15H2,1H3. The zero-order valence-corrected chi connectivity index (χ0v) is 19.3. The van der Waals surface area contributed by atoms with Crippen LogP contribution in [0.4, 0.5) is 5.69 Å². The molecule has 0 aliphatic carbocycles. The van der Waals surface area contributed by atoms with Crippen molar-refractivity contribution in [3.8, 4) is 0 Å². The van der Waals surface area contributed by atoms with Crippen molar-refractivity contribution >= 4 is 39.2 Å². The van der Waals surface area contributed by atoms with Crippen LogP contribution in [0, 0.1) is 5.92 Å². The highest BCUT2D eigenvalue weighted by atomic mass is 35.5. The summed E-state index contributed by atoms with van der Waals surface area (Å²) in [5, 5.41) is 0.465. The van der Waals surface area contributed by atoms with Crippen molar-refractivity contribution < 1.29 is 22.7 Å². The predicted molar refractivity (Wildman–Crippen MR) is 121 cm³/mol. The number of hydrogen-bond donors (Lipinski definition) is 0. The average molecular weight is 477 g/mol. The van der Waals surface area contributed by atoms with Gasteiger partial charge in [0.2, 0.25) is 10.0 Å². The van der Waals surface area contributed by atoms with E-state index in [4.69, 9.17) is 16.3 Å². The molecule has 0 N–H and O–H groups in total. The summed E-state index contributed by atoms with van der Waals surface area (Å²) in [6, 6.07) is 13.8. The zero-order valence-electron chi connectivity index (χ0n) is 17.7. The minimum absolute atomic E-state index is 0.0138. The van der Waals surface area contributed by atoms with Crippen molar-refractivity contribution in [1.29, 1.82) is 0 Å². The molecule has 1 atom stereocenters. The van der Waals surface area contributed by atoms with E-state index in [1.165, 1.54) is 28.6 Å². The summed E-state index contributed by atoms with van der Waals surface area (Å²) in [4.78, 5) is 27.1. The van der Waals surface area contributed by atoms with E-state index in [0.717, 1.165) is 17.7 Å². The van der Waals surface area contributed by atoms with E-state index in [1.54, 1.807) is 4.90 Å². The lowest BCUT2D eigenvalue weighted by Crippen LogP contribution is -2.42. The number of anilines is 1. The molecule has 4 rings (SSSR count). The van der Waals surface area contributed by atoms with Crippen molar-refractivity contribution in [3.05, 3.63) is 59.1 Å². The van der Waals surface area contributed by atoms with Gasteiger partial charge in [0, 0.05) is 29.8 Å². The molecule has 2 aliphatic rings. The van der Waals surface area contributed by atoms with Gasteiger partial charge in [-0.1, -0.05) is 29.8 Å². The Morgan fingerprint density at radius 3 is 2.41 bits per heavy atom. The number of nitrogens with zero attached hydrogens (tertiary/aromatic N) is 2. The molecular formula is C23H25ClN2O5S. The fourth-order valence-electron chi connectivity index (χ4n) is 4.35. The third-order valence-electron chi connectivity index (χ3n) is 6.05. The lowest BCUT2D eigenvalue weighted by atomic mass is 9.98. The van der Waals surface area contributed by atoms with Crippen molar-refractivity contribution in [2.24, 2.45) is 5.92 Å². The number of hydrogen-bond acceptors (Lipinski definition) is 5. The third kappa shape index (κ3) is 4.53. The van der Waals surface area contributed by atoms with E-state index in [2.05, 4.69) is 0 Å². The summed E-state index contributed by atoms with van der Waals surface area (Å²) in [6.45, 7) is 2.09. The second-order valence-corrected chi connectivity index (χ2v) is 10.6. The van der Waals surface area contributed by atoms with E-state index >= 15 is 0 Å². The van der Waals surface area contributed by atoms with Gasteiger partial charge in [-0.05, 0) is 62.1 Å². The Kier molecular flexibility index (Phi) is 6.55. The summed E-state index contributed by atoms with van der Waals surface area (Å²) in [5.41, 5.74) is 1.97. The van der Waals surface area contributed by atoms with Gasteiger partial charge in [0.1, 0.15) is 0 Å². The minimum Gasteiger partial charge on any atom is -0.455 e. The van der Waals surface area contributed by atoms with E-state index in [9.17, 15) is 18.0 Å². The number of amides is 1. The summed E-state index contributed by atoms with van der Waals surface area (Å²) >= 11 is 5.84. The Morgan fingerprint density at radius 1 is 1.06 bits per heavy atom. The summed E-state index contributed by atoms with van der Waals surface area (Å²) in [6.07, 6.45) is 1.47. The van der Waals surface area contributed by atoms with Crippen LogP contribution in [-0.4, -0.2) is 50.3 Å². The van der Waals surface area contributed by atoms with E-state index < -0.39 is 21.9 Å². The number of halogens is 1. The van der Waals surface area contributed by atoms with Gasteiger partial charge < -0.3 is 9.64 Å². The molecule has 2 heterocycles. The fourth-order valence-corrected chi connectivity index (χ4v) is 5.95. The Morgan fingerprint density at radius 2 is 1.72 bits per heavy atom. The van der Waals surface area contributed by atoms with Crippen molar-refractivity contribution in [1.82, 2.24) is 4.31 Å². The van der Waals surface area contributed by atoms with Crippen molar-refractivity contribution in [2.45, 2.75) is 37.1 Å². The molecule has 2 aromatic carbocycles.